The van der Waals surface area contributed by atoms with Gasteiger partial charge in [0.2, 0.25) is 0 Å². The molecule has 4 atom stereocenters. The molecule has 1 unspecified atom stereocenters. The molecule has 0 aromatic carbocycles. The summed E-state index contributed by atoms with van der Waals surface area (Å²) < 4.78 is 10.9. The summed E-state index contributed by atoms with van der Waals surface area (Å²) in [7, 11) is 1.59. The van der Waals surface area contributed by atoms with Gasteiger partial charge in [-0.05, 0) is 37.5 Å². The molecule has 3 heteroatoms. The lowest BCUT2D eigenvalue weighted by Gasteiger charge is -2.41. The molecule has 2 rings (SSSR count). The van der Waals surface area contributed by atoms with Crippen LogP contribution in [0.1, 0.15) is 25.7 Å². The Kier molecular flexibility index (Phi) is 6.14. The van der Waals surface area contributed by atoms with Gasteiger partial charge >= 0.3 is 0 Å². The number of ether oxygens (including phenoxy) is 2. The van der Waals surface area contributed by atoms with Crippen molar-refractivity contribution in [3.8, 4) is 0 Å². The molecule has 0 amide bonds. The smallest absolute Gasteiger partial charge is 0.147 e. The fourth-order valence-electron chi connectivity index (χ4n) is 4.30. The number of methoxy groups -OCH3 is 1. The molecule has 0 saturated heterocycles. The molecular formula is C20H28O3. The zero-order chi connectivity index (χ0) is 16.9. The third-order valence-electron chi connectivity index (χ3n) is 5.25. The van der Waals surface area contributed by atoms with Crippen molar-refractivity contribution in [3.05, 3.63) is 50.1 Å². The predicted octanol–water partition coefficient (Wildman–Crippen LogP) is 4.08. The molecule has 126 valence electrons. The molecular weight excluding hydrogens is 288 g/mol. The highest BCUT2D eigenvalue weighted by atomic mass is 16.7. The molecule has 2 aliphatic carbocycles. The van der Waals surface area contributed by atoms with Crippen molar-refractivity contribution in [1.82, 2.24) is 0 Å². The molecule has 3 nitrogen and oxygen atoms in total. The Bertz CT molecular complexity index is 483. The van der Waals surface area contributed by atoms with Gasteiger partial charge in [0, 0.05) is 13.0 Å². The summed E-state index contributed by atoms with van der Waals surface area (Å²) in [5, 5.41) is 0. The number of Topliss-reactive ketones (excluding diaryl/α,β-unsaturated/α-hetero) is 1. The molecule has 0 radical (unpaired) electrons. The van der Waals surface area contributed by atoms with Crippen molar-refractivity contribution in [2.75, 3.05) is 13.9 Å². The normalized spacial score (nSPS) is 29.7. The Morgan fingerprint density at radius 3 is 2.43 bits per heavy atom. The second kappa shape index (κ2) is 7.89. The highest BCUT2D eigenvalue weighted by molar-refractivity contribution is 5.89. The first-order valence-electron chi connectivity index (χ1n) is 8.31. The van der Waals surface area contributed by atoms with E-state index in [9.17, 15) is 4.79 Å². The number of hydrogen-bond acceptors (Lipinski definition) is 3. The SMILES string of the molecule is C=CCC(CC=C)C(=O)[C@@]1(C(C=C)OCOC)C[C@H]2C=C[C@@H]1C2. The Morgan fingerprint density at radius 1 is 1.30 bits per heavy atom. The number of rotatable bonds is 11. The van der Waals surface area contributed by atoms with Crippen LogP contribution in [0.25, 0.3) is 0 Å². The standard InChI is InChI=1S/C20H28O3/c1-5-8-16(9-6-2)19(21)20(18(7-3)23-14-22-4)13-15-10-11-17(20)12-15/h5-7,10-11,15-18H,1-3,8-9,12-14H2,4H3/t15-,17+,18?,20-/m0/s1. The third-order valence-corrected chi connectivity index (χ3v) is 5.25. The number of fused-ring (bicyclic) bond motifs is 2. The fourth-order valence-corrected chi connectivity index (χ4v) is 4.30. The predicted molar refractivity (Wildman–Crippen MR) is 92.9 cm³/mol. The fraction of sp³-hybridized carbons (Fsp3) is 0.550. The number of carbonyl (C=O) groups excluding carboxylic acids is 1. The number of carbonyl (C=O) groups is 1. The van der Waals surface area contributed by atoms with Gasteiger partial charge in [0.15, 0.2) is 0 Å². The van der Waals surface area contributed by atoms with E-state index in [2.05, 4.69) is 31.9 Å². The lowest BCUT2D eigenvalue weighted by Crippen LogP contribution is -2.49. The van der Waals surface area contributed by atoms with Gasteiger partial charge in [-0.3, -0.25) is 4.79 Å². The lowest BCUT2D eigenvalue weighted by molar-refractivity contribution is -0.151. The first kappa shape index (κ1) is 17.9. The number of ketones is 1. The zero-order valence-electron chi connectivity index (χ0n) is 14.1. The lowest BCUT2D eigenvalue weighted by atomic mass is 9.64. The minimum atomic E-state index is -0.531. The highest BCUT2D eigenvalue weighted by Gasteiger charge is 2.58. The van der Waals surface area contributed by atoms with Crippen LogP contribution in [0.2, 0.25) is 0 Å². The molecule has 0 aliphatic heterocycles. The van der Waals surface area contributed by atoms with Gasteiger partial charge in [0.1, 0.15) is 12.6 Å². The average molecular weight is 316 g/mol. The van der Waals surface area contributed by atoms with Crippen molar-refractivity contribution >= 4 is 5.78 Å². The molecule has 2 aliphatic rings. The summed E-state index contributed by atoms with van der Waals surface area (Å²) in [6.07, 6.45) is 12.7. The summed E-state index contributed by atoms with van der Waals surface area (Å²) in [5.41, 5.74) is -0.531. The van der Waals surface area contributed by atoms with E-state index in [1.807, 2.05) is 12.2 Å². The largest absolute Gasteiger partial charge is 0.359 e. The quantitative estimate of drug-likeness (QED) is 0.425. The van der Waals surface area contributed by atoms with Crippen LogP contribution in [-0.2, 0) is 14.3 Å². The summed E-state index contributed by atoms with van der Waals surface area (Å²) >= 11 is 0. The monoisotopic (exact) mass is 316 g/mol. The summed E-state index contributed by atoms with van der Waals surface area (Å²) in [6.45, 7) is 11.7. The molecule has 1 saturated carbocycles. The van der Waals surface area contributed by atoms with E-state index in [0.717, 1.165) is 12.8 Å². The average Bonchev–Trinajstić information content (AvgIpc) is 3.16. The molecule has 0 aromatic heterocycles. The zero-order valence-corrected chi connectivity index (χ0v) is 14.1. The van der Waals surface area contributed by atoms with Crippen molar-refractivity contribution in [1.29, 1.82) is 0 Å². The van der Waals surface area contributed by atoms with Gasteiger partial charge in [-0.15, -0.1) is 19.7 Å². The van der Waals surface area contributed by atoms with E-state index in [4.69, 9.17) is 9.47 Å². The Labute approximate surface area is 139 Å². The van der Waals surface area contributed by atoms with Crippen LogP contribution in [0, 0.1) is 23.2 Å². The molecule has 0 heterocycles. The van der Waals surface area contributed by atoms with Gasteiger partial charge in [-0.25, -0.2) is 0 Å². The first-order valence-corrected chi connectivity index (χ1v) is 8.31. The second-order valence-electron chi connectivity index (χ2n) is 6.57. The Hall–Kier alpha value is -1.45. The van der Waals surface area contributed by atoms with Gasteiger partial charge in [0.25, 0.3) is 0 Å². The minimum Gasteiger partial charge on any atom is -0.359 e. The molecule has 0 spiro atoms. The van der Waals surface area contributed by atoms with E-state index in [-0.39, 0.29) is 30.5 Å². The van der Waals surface area contributed by atoms with Crippen molar-refractivity contribution in [3.63, 3.8) is 0 Å². The molecule has 2 bridgehead atoms. The van der Waals surface area contributed by atoms with Gasteiger partial charge in [-0.2, -0.15) is 0 Å². The van der Waals surface area contributed by atoms with Crippen LogP contribution < -0.4 is 0 Å². The van der Waals surface area contributed by atoms with Crippen LogP contribution in [-0.4, -0.2) is 25.8 Å². The van der Waals surface area contributed by atoms with Crippen LogP contribution in [0.3, 0.4) is 0 Å². The van der Waals surface area contributed by atoms with Crippen molar-refractivity contribution < 1.29 is 14.3 Å². The third kappa shape index (κ3) is 3.26. The summed E-state index contributed by atoms with van der Waals surface area (Å²) in [5.74, 6) is 0.851. The molecule has 1 fully saturated rings. The van der Waals surface area contributed by atoms with Crippen molar-refractivity contribution in [2.24, 2.45) is 23.2 Å². The molecule has 0 aromatic rings. The van der Waals surface area contributed by atoms with E-state index < -0.39 is 5.41 Å². The number of hydrogen-bond donors (Lipinski definition) is 0. The summed E-state index contributed by atoms with van der Waals surface area (Å²) in [4.78, 5) is 13.5. The van der Waals surface area contributed by atoms with Crippen LogP contribution in [0.4, 0.5) is 0 Å². The van der Waals surface area contributed by atoms with Crippen LogP contribution >= 0.6 is 0 Å². The molecule has 23 heavy (non-hydrogen) atoms. The first-order chi connectivity index (χ1) is 11.1. The minimum absolute atomic E-state index is 0.0913. The maximum absolute atomic E-state index is 13.5. The Morgan fingerprint density at radius 2 is 2.00 bits per heavy atom. The van der Waals surface area contributed by atoms with Gasteiger partial charge in [0.05, 0.1) is 11.5 Å². The highest BCUT2D eigenvalue weighted by Crippen LogP contribution is 2.56. The topological polar surface area (TPSA) is 35.5 Å². The second-order valence-corrected chi connectivity index (χ2v) is 6.57. The Balaban J connectivity index is 2.35. The van der Waals surface area contributed by atoms with E-state index in [1.165, 1.54) is 0 Å². The summed E-state index contributed by atoms with van der Waals surface area (Å²) in [6, 6.07) is 0. The van der Waals surface area contributed by atoms with E-state index in [0.29, 0.717) is 18.8 Å². The molecule has 0 N–H and O–H groups in total. The maximum Gasteiger partial charge on any atom is 0.147 e. The maximum atomic E-state index is 13.5. The van der Waals surface area contributed by atoms with Crippen LogP contribution in [0.5, 0.6) is 0 Å². The van der Waals surface area contributed by atoms with E-state index >= 15 is 0 Å². The number of allylic oxidation sites excluding steroid dienone is 4. The van der Waals surface area contributed by atoms with Crippen molar-refractivity contribution in [2.45, 2.75) is 31.8 Å². The van der Waals surface area contributed by atoms with Gasteiger partial charge in [-0.1, -0.05) is 30.4 Å². The van der Waals surface area contributed by atoms with Gasteiger partial charge < -0.3 is 9.47 Å². The van der Waals surface area contributed by atoms with Crippen LogP contribution in [0.15, 0.2) is 50.1 Å². The van der Waals surface area contributed by atoms with E-state index in [1.54, 1.807) is 13.2 Å².